The fraction of sp³-hybridized carbons (Fsp3) is 0.500. The molecule has 1 aromatic rings. The van der Waals surface area contributed by atoms with Gasteiger partial charge in [-0.3, -0.25) is 4.79 Å². The standard InChI is InChI=1S/C14H19NO/c1-11-2-3-13(10-16)14(8-11)9-12-4-6-15-7-5-12/h2-3,8,10,12,15H,4-7,9H2,1H3. The van der Waals surface area contributed by atoms with Crippen molar-refractivity contribution in [2.24, 2.45) is 5.92 Å². The molecule has 0 saturated carbocycles. The van der Waals surface area contributed by atoms with Crippen molar-refractivity contribution >= 4 is 6.29 Å². The average molecular weight is 217 g/mol. The molecule has 1 N–H and O–H groups in total. The van der Waals surface area contributed by atoms with Gasteiger partial charge < -0.3 is 5.32 Å². The van der Waals surface area contributed by atoms with Gasteiger partial charge in [0.2, 0.25) is 0 Å². The van der Waals surface area contributed by atoms with Crippen LogP contribution in [0.3, 0.4) is 0 Å². The lowest BCUT2D eigenvalue weighted by atomic mass is 9.88. The molecule has 0 aliphatic carbocycles. The molecule has 0 bridgehead atoms. The Bertz CT molecular complexity index is 367. The Balaban J connectivity index is 2.12. The van der Waals surface area contributed by atoms with Crippen molar-refractivity contribution in [1.82, 2.24) is 5.32 Å². The lowest BCUT2D eigenvalue weighted by molar-refractivity contribution is 0.112. The minimum absolute atomic E-state index is 0.738. The Hall–Kier alpha value is -1.15. The van der Waals surface area contributed by atoms with E-state index in [0.29, 0.717) is 0 Å². The molecule has 0 radical (unpaired) electrons. The molecule has 2 rings (SSSR count). The van der Waals surface area contributed by atoms with Gasteiger partial charge in [0.15, 0.2) is 0 Å². The Morgan fingerprint density at radius 1 is 1.38 bits per heavy atom. The smallest absolute Gasteiger partial charge is 0.150 e. The SMILES string of the molecule is Cc1ccc(C=O)c(CC2CCNCC2)c1. The molecule has 2 heteroatoms. The third-order valence-corrected chi connectivity index (χ3v) is 3.39. The number of carbonyl (C=O) groups excluding carboxylic acids is 1. The molecular formula is C14H19NO. The summed E-state index contributed by atoms with van der Waals surface area (Å²) < 4.78 is 0. The van der Waals surface area contributed by atoms with E-state index >= 15 is 0 Å². The van der Waals surface area contributed by atoms with E-state index in [1.807, 2.05) is 12.1 Å². The fourth-order valence-electron chi connectivity index (χ4n) is 2.42. The van der Waals surface area contributed by atoms with Crippen molar-refractivity contribution in [3.63, 3.8) is 0 Å². The van der Waals surface area contributed by atoms with Crippen molar-refractivity contribution in [1.29, 1.82) is 0 Å². The Kier molecular flexibility index (Phi) is 3.73. The van der Waals surface area contributed by atoms with E-state index in [4.69, 9.17) is 0 Å². The van der Waals surface area contributed by atoms with Gasteiger partial charge in [-0.05, 0) is 50.8 Å². The van der Waals surface area contributed by atoms with Crippen LogP contribution in [-0.4, -0.2) is 19.4 Å². The number of piperidine rings is 1. The van der Waals surface area contributed by atoms with E-state index in [1.165, 1.54) is 24.0 Å². The van der Waals surface area contributed by atoms with Crippen LogP contribution in [-0.2, 0) is 6.42 Å². The predicted molar refractivity (Wildman–Crippen MR) is 65.9 cm³/mol. The summed E-state index contributed by atoms with van der Waals surface area (Å²) in [5.74, 6) is 0.738. The van der Waals surface area contributed by atoms with Gasteiger partial charge in [0.1, 0.15) is 6.29 Å². The van der Waals surface area contributed by atoms with Crippen LogP contribution in [0, 0.1) is 12.8 Å². The number of benzene rings is 1. The maximum atomic E-state index is 11.0. The van der Waals surface area contributed by atoms with E-state index < -0.39 is 0 Å². The molecule has 0 atom stereocenters. The first kappa shape index (κ1) is 11.3. The lowest BCUT2D eigenvalue weighted by Gasteiger charge is -2.23. The van der Waals surface area contributed by atoms with Crippen LogP contribution in [0.15, 0.2) is 18.2 Å². The highest BCUT2D eigenvalue weighted by Crippen LogP contribution is 2.20. The Labute approximate surface area is 97.1 Å². The van der Waals surface area contributed by atoms with Gasteiger partial charge in [0.05, 0.1) is 0 Å². The minimum Gasteiger partial charge on any atom is -0.317 e. The molecule has 16 heavy (non-hydrogen) atoms. The Morgan fingerprint density at radius 3 is 2.81 bits per heavy atom. The second-order valence-electron chi connectivity index (χ2n) is 4.72. The molecule has 1 heterocycles. The third-order valence-electron chi connectivity index (χ3n) is 3.39. The summed E-state index contributed by atoms with van der Waals surface area (Å²) in [6.07, 6.45) is 4.49. The Morgan fingerprint density at radius 2 is 2.12 bits per heavy atom. The van der Waals surface area contributed by atoms with Gasteiger partial charge in [-0.25, -0.2) is 0 Å². The molecule has 1 aliphatic heterocycles. The van der Waals surface area contributed by atoms with Crippen LogP contribution in [0.25, 0.3) is 0 Å². The highest BCUT2D eigenvalue weighted by atomic mass is 16.1. The molecule has 86 valence electrons. The van der Waals surface area contributed by atoms with Crippen LogP contribution in [0.5, 0.6) is 0 Å². The molecule has 2 nitrogen and oxygen atoms in total. The van der Waals surface area contributed by atoms with Crippen LogP contribution in [0.4, 0.5) is 0 Å². The first-order valence-electron chi connectivity index (χ1n) is 6.05. The minimum atomic E-state index is 0.738. The number of hydrogen-bond donors (Lipinski definition) is 1. The highest BCUT2D eigenvalue weighted by molar-refractivity contribution is 5.77. The van der Waals surface area contributed by atoms with Crippen LogP contribution < -0.4 is 5.32 Å². The number of rotatable bonds is 3. The van der Waals surface area contributed by atoms with E-state index in [2.05, 4.69) is 18.3 Å². The molecular weight excluding hydrogens is 198 g/mol. The lowest BCUT2D eigenvalue weighted by Crippen LogP contribution is -2.28. The topological polar surface area (TPSA) is 29.1 Å². The molecule has 1 aromatic carbocycles. The molecule has 0 unspecified atom stereocenters. The molecule has 1 saturated heterocycles. The van der Waals surface area contributed by atoms with Gasteiger partial charge in [-0.2, -0.15) is 0 Å². The number of hydrogen-bond acceptors (Lipinski definition) is 2. The van der Waals surface area contributed by atoms with Crippen molar-refractivity contribution in [2.75, 3.05) is 13.1 Å². The van der Waals surface area contributed by atoms with Gasteiger partial charge in [0, 0.05) is 5.56 Å². The van der Waals surface area contributed by atoms with Crippen LogP contribution in [0.1, 0.15) is 34.3 Å². The van der Waals surface area contributed by atoms with E-state index in [-0.39, 0.29) is 0 Å². The predicted octanol–water partition coefficient (Wildman–Crippen LogP) is 2.35. The number of aldehydes is 1. The van der Waals surface area contributed by atoms with Crippen molar-refractivity contribution < 1.29 is 4.79 Å². The number of nitrogens with one attached hydrogen (secondary N) is 1. The quantitative estimate of drug-likeness (QED) is 0.787. The van der Waals surface area contributed by atoms with Crippen molar-refractivity contribution in [3.8, 4) is 0 Å². The van der Waals surface area contributed by atoms with Crippen molar-refractivity contribution in [3.05, 3.63) is 34.9 Å². The summed E-state index contributed by atoms with van der Waals surface area (Å²) in [6, 6.07) is 6.11. The number of aryl methyl sites for hydroxylation is 1. The van der Waals surface area contributed by atoms with Gasteiger partial charge >= 0.3 is 0 Å². The van der Waals surface area contributed by atoms with Crippen LogP contribution >= 0.6 is 0 Å². The first-order chi connectivity index (χ1) is 7.79. The number of carbonyl (C=O) groups is 1. The maximum absolute atomic E-state index is 11.0. The second kappa shape index (κ2) is 5.26. The zero-order chi connectivity index (χ0) is 11.4. The normalized spacial score (nSPS) is 17.3. The molecule has 0 aromatic heterocycles. The van der Waals surface area contributed by atoms with Gasteiger partial charge in [-0.1, -0.05) is 23.8 Å². The monoisotopic (exact) mass is 217 g/mol. The summed E-state index contributed by atoms with van der Waals surface area (Å²) in [5.41, 5.74) is 3.33. The largest absolute Gasteiger partial charge is 0.317 e. The zero-order valence-electron chi connectivity index (χ0n) is 9.83. The highest BCUT2D eigenvalue weighted by Gasteiger charge is 2.15. The molecule has 1 fully saturated rings. The summed E-state index contributed by atoms with van der Waals surface area (Å²) >= 11 is 0. The fourth-order valence-corrected chi connectivity index (χ4v) is 2.42. The second-order valence-corrected chi connectivity index (χ2v) is 4.72. The summed E-state index contributed by atoms with van der Waals surface area (Å²) in [5, 5.41) is 3.37. The summed E-state index contributed by atoms with van der Waals surface area (Å²) in [7, 11) is 0. The van der Waals surface area contributed by atoms with Crippen molar-refractivity contribution in [2.45, 2.75) is 26.2 Å². The summed E-state index contributed by atoms with van der Waals surface area (Å²) in [4.78, 5) is 11.0. The molecule has 0 amide bonds. The molecule has 0 spiro atoms. The maximum Gasteiger partial charge on any atom is 0.150 e. The summed E-state index contributed by atoms with van der Waals surface area (Å²) in [6.45, 7) is 4.32. The average Bonchev–Trinajstić information content (AvgIpc) is 2.31. The van der Waals surface area contributed by atoms with E-state index in [1.54, 1.807) is 0 Å². The third kappa shape index (κ3) is 2.70. The van der Waals surface area contributed by atoms with E-state index in [9.17, 15) is 4.79 Å². The van der Waals surface area contributed by atoms with Crippen LogP contribution in [0.2, 0.25) is 0 Å². The molecule has 1 aliphatic rings. The first-order valence-corrected chi connectivity index (χ1v) is 6.05. The van der Waals surface area contributed by atoms with E-state index in [0.717, 1.165) is 37.3 Å². The zero-order valence-corrected chi connectivity index (χ0v) is 9.83. The van der Waals surface area contributed by atoms with Gasteiger partial charge in [-0.15, -0.1) is 0 Å². The van der Waals surface area contributed by atoms with Gasteiger partial charge in [0.25, 0.3) is 0 Å².